The monoisotopic (exact) mass is 1080 g/mol. The highest BCUT2D eigenvalue weighted by Crippen LogP contribution is 2.37. The van der Waals surface area contributed by atoms with Crippen molar-refractivity contribution in [3.05, 3.63) is 137 Å². The van der Waals surface area contributed by atoms with Crippen molar-refractivity contribution in [3.63, 3.8) is 0 Å². The molecule has 79 heavy (non-hydrogen) atoms. The van der Waals surface area contributed by atoms with Gasteiger partial charge in [-0.2, -0.15) is 5.11 Å². The number of carbonyl (C=O) groups is 8. The maximum Gasteiger partial charge on any atom is 0.411 e. The van der Waals surface area contributed by atoms with Crippen LogP contribution in [-0.2, 0) is 56.9 Å². The highest BCUT2D eigenvalue weighted by atomic mass is 16.5. The predicted molar refractivity (Wildman–Crippen MR) is 301 cm³/mol. The summed E-state index contributed by atoms with van der Waals surface area (Å²) in [6.07, 6.45) is 1.68. The number of carboxylic acid groups (broad SMARTS) is 1. The molecule has 21 nitrogen and oxygen atoms in total. The second-order valence-corrected chi connectivity index (χ2v) is 20.9. The zero-order valence-corrected chi connectivity index (χ0v) is 46.2. The molecule has 3 atom stereocenters. The lowest BCUT2D eigenvalue weighted by Crippen LogP contribution is -2.60. The Balaban J connectivity index is 1.03. The number of aliphatic carboxylic acids is 1. The van der Waals surface area contributed by atoms with E-state index >= 15 is 0 Å². The van der Waals surface area contributed by atoms with E-state index in [1.54, 1.807) is 85.7 Å². The average molecular weight is 1080 g/mol. The lowest BCUT2D eigenvalue weighted by molar-refractivity contribution is -0.139. The molecule has 1 unspecified atom stereocenters. The first-order valence-corrected chi connectivity index (χ1v) is 25.8. The summed E-state index contributed by atoms with van der Waals surface area (Å²) in [5, 5.41) is 29.5. The van der Waals surface area contributed by atoms with Crippen LogP contribution in [0.2, 0.25) is 0 Å². The predicted octanol–water partition coefficient (Wildman–Crippen LogP) is 6.80. The number of nitrogens with zero attached hydrogens (tertiary/aromatic N) is 3. The van der Waals surface area contributed by atoms with Crippen LogP contribution in [0.25, 0.3) is 11.4 Å². The van der Waals surface area contributed by atoms with Crippen LogP contribution in [0.15, 0.2) is 114 Å². The Labute approximate surface area is 460 Å². The molecule has 1 aliphatic rings. The first kappa shape index (κ1) is 61.1. The number of nitrogens with two attached hydrogens (primary N) is 1. The third kappa shape index (κ3) is 16.6. The van der Waals surface area contributed by atoms with Crippen molar-refractivity contribution in [2.24, 2.45) is 16.3 Å². The third-order valence-corrected chi connectivity index (χ3v) is 13.5. The van der Waals surface area contributed by atoms with Gasteiger partial charge < -0.3 is 52.0 Å². The van der Waals surface area contributed by atoms with Gasteiger partial charge in [0, 0.05) is 59.9 Å². The summed E-state index contributed by atoms with van der Waals surface area (Å²) in [7, 11) is 3.18. The molecule has 0 aliphatic carbocycles. The molecule has 0 bridgehead atoms. The summed E-state index contributed by atoms with van der Waals surface area (Å²) in [4.78, 5) is 107. The molecule has 4 aromatic carbocycles. The topological polar surface area (TPSA) is 307 Å². The van der Waals surface area contributed by atoms with Gasteiger partial charge in [-0.25, -0.2) is 15.1 Å². The molecular weight excluding hydrogens is 1010 g/mol. The molecule has 420 valence electrons. The standard InChI is InChI=1S/C58H73N11O10/c1-35(55(76)77)29-30-68(9)54(75)51(57(3,4)5)66-53(74)50(61-8)58(6,7)39-18-16-19-41(31-39)65-56(78)79-34-37-25-27-40(28-26-37)64-52(73)36(2)63-46(71)32-62-45(70)23-14-15-24-47(72)69-33-38-17-10-11-20-42(38)48(59)49(67-60)43-21-12-13-22-44(43)69/h10-13,16-22,25-29,31,36,50-51,60-61H,14-15,23-24,30,32-34,59H2,1-9H3,(H,62,70)(H,63,71)(H,64,73)(H,65,78)(H,66,74)(H,76,77)/b35-29+,49-48-,67-60?/t36-,50+,51?/m0/s1. The summed E-state index contributed by atoms with van der Waals surface area (Å²) >= 11 is 0. The first-order chi connectivity index (χ1) is 37.3. The molecule has 0 aromatic heterocycles. The van der Waals surface area contributed by atoms with Crippen LogP contribution in [0, 0.1) is 10.9 Å². The molecule has 0 fully saturated rings. The van der Waals surface area contributed by atoms with Crippen molar-refractivity contribution < 1.29 is 48.2 Å². The van der Waals surface area contributed by atoms with E-state index < -0.39 is 58.7 Å². The maximum absolute atomic E-state index is 14.0. The number of likely N-dealkylation sites (N-methyl/N-ethyl adjacent to an activating group) is 2. The van der Waals surface area contributed by atoms with Gasteiger partial charge in [-0.1, -0.05) is 107 Å². The van der Waals surface area contributed by atoms with Crippen molar-refractivity contribution in [3.8, 4) is 0 Å². The van der Waals surface area contributed by atoms with Crippen LogP contribution in [0.1, 0.15) is 102 Å². The maximum atomic E-state index is 14.0. The minimum atomic E-state index is -1.09. The smallest absolute Gasteiger partial charge is 0.411 e. The number of benzene rings is 4. The number of unbranched alkanes of at least 4 members (excludes halogenated alkanes) is 1. The van der Waals surface area contributed by atoms with E-state index in [1.807, 2.05) is 65.0 Å². The number of anilines is 3. The Morgan fingerprint density at radius 1 is 0.810 bits per heavy atom. The van der Waals surface area contributed by atoms with Gasteiger partial charge in [0.1, 0.15) is 24.4 Å². The molecular formula is C58H73N11O10. The van der Waals surface area contributed by atoms with Gasteiger partial charge in [-0.3, -0.25) is 34.1 Å². The number of rotatable bonds is 23. The lowest BCUT2D eigenvalue weighted by Gasteiger charge is -2.38. The summed E-state index contributed by atoms with van der Waals surface area (Å²) in [5.41, 5.74) is 18.3. The van der Waals surface area contributed by atoms with E-state index in [0.717, 1.165) is 5.56 Å². The zero-order chi connectivity index (χ0) is 58.2. The quantitative estimate of drug-likeness (QED) is 0.0210. The van der Waals surface area contributed by atoms with E-state index in [9.17, 15) is 43.5 Å². The lowest BCUT2D eigenvalue weighted by atomic mass is 9.76. The van der Waals surface area contributed by atoms with Crippen molar-refractivity contribution in [2.45, 2.75) is 111 Å². The van der Waals surface area contributed by atoms with Gasteiger partial charge in [0.25, 0.3) is 0 Å². The average Bonchev–Trinajstić information content (AvgIpc) is 3.41. The number of ether oxygens (including phenoxy) is 1. The SMILES string of the molecule is CN[C@H](C(=O)NC(C(=O)N(C)C/C=C(\C)C(=O)O)C(C)(C)C)C(C)(C)c1cccc(NC(=O)OCc2ccc(NC(=O)[C@H](C)NC(=O)CNC(=O)CCCCC(=O)N3Cc4ccccc4/C(N)=C(/N=N)c4ccccc43)cc2)c1. The normalized spacial score (nSPS) is 14.5. The summed E-state index contributed by atoms with van der Waals surface area (Å²) in [6.45, 7) is 12.0. The van der Waals surface area contributed by atoms with Crippen molar-refractivity contribution in [1.29, 1.82) is 5.53 Å². The molecule has 21 heteroatoms. The third-order valence-electron chi connectivity index (χ3n) is 13.5. The van der Waals surface area contributed by atoms with Crippen LogP contribution in [0.5, 0.6) is 0 Å². The number of hydrogen-bond acceptors (Lipinski definition) is 13. The van der Waals surface area contributed by atoms with Gasteiger partial charge in [-0.05, 0) is 86.2 Å². The number of fused-ring (bicyclic) bond motifs is 2. The number of nitrogens with one attached hydrogen (secondary N) is 7. The first-order valence-electron chi connectivity index (χ1n) is 25.8. The molecule has 4 aromatic rings. The fraction of sp³-hybridized carbons (Fsp3) is 0.379. The van der Waals surface area contributed by atoms with Crippen LogP contribution < -0.4 is 42.5 Å². The van der Waals surface area contributed by atoms with Crippen molar-refractivity contribution >= 4 is 76.0 Å². The molecule has 0 spiro atoms. The van der Waals surface area contributed by atoms with E-state index in [-0.39, 0.29) is 68.1 Å². The Morgan fingerprint density at radius 2 is 1.47 bits per heavy atom. The number of carboxylic acids is 1. The summed E-state index contributed by atoms with van der Waals surface area (Å²) in [6, 6.07) is 25.3. The molecule has 10 N–H and O–H groups in total. The van der Waals surface area contributed by atoms with Crippen LogP contribution in [0.3, 0.4) is 0 Å². The van der Waals surface area contributed by atoms with Gasteiger partial charge in [0.05, 0.1) is 30.5 Å². The van der Waals surface area contributed by atoms with Crippen LogP contribution >= 0.6 is 0 Å². The van der Waals surface area contributed by atoms with Crippen molar-refractivity contribution in [2.75, 3.05) is 42.7 Å². The minimum Gasteiger partial charge on any atom is -0.478 e. The Bertz CT molecular complexity index is 2980. The second-order valence-electron chi connectivity index (χ2n) is 20.9. The zero-order valence-electron chi connectivity index (χ0n) is 46.2. The van der Waals surface area contributed by atoms with Gasteiger partial charge in [-0.15, -0.1) is 0 Å². The molecule has 0 saturated heterocycles. The molecule has 1 aliphatic heterocycles. The largest absolute Gasteiger partial charge is 0.478 e. The molecule has 0 radical (unpaired) electrons. The molecule has 5 rings (SSSR count). The number of hydrogen-bond donors (Lipinski definition) is 9. The highest BCUT2D eigenvalue weighted by molar-refractivity contribution is 6.01. The minimum absolute atomic E-state index is 0.0429. The number of carbonyl (C=O) groups excluding carboxylic acids is 7. The van der Waals surface area contributed by atoms with Crippen LogP contribution in [0.4, 0.5) is 21.9 Å². The van der Waals surface area contributed by atoms with Gasteiger partial charge in [0.2, 0.25) is 35.4 Å². The summed E-state index contributed by atoms with van der Waals surface area (Å²) < 4.78 is 5.48. The molecule has 7 amide bonds. The Kier molecular flexibility index (Phi) is 21.3. The Morgan fingerprint density at radius 3 is 2.13 bits per heavy atom. The van der Waals surface area contributed by atoms with Crippen LogP contribution in [-0.4, -0.2) is 103 Å². The molecule has 1 heterocycles. The van der Waals surface area contributed by atoms with E-state index in [0.29, 0.717) is 57.9 Å². The fourth-order valence-corrected chi connectivity index (χ4v) is 8.79. The van der Waals surface area contributed by atoms with E-state index in [4.69, 9.17) is 16.0 Å². The molecule has 0 saturated carbocycles. The van der Waals surface area contributed by atoms with E-state index in [2.05, 4.69) is 37.0 Å². The van der Waals surface area contributed by atoms with E-state index in [1.165, 1.54) is 24.8 Å². The van der Waals surface area contributed by atoms with Crippen molar-refractivity contribution in [1.82, 2.24) is 26.2 Å². The summed E-state index contributed by atoms with van der Waals surface area (Å²) in [5.74, 6) is -3.56. The van der Waals surface area contributed by atoms with Gasteiger partial charge in [0.15, 0.2) is 0 Å². The second kappa shape index (κ2) is 27.5. The van der Waals surface area contributed by atoms with Gasteiger partial charge >= 0.3 is 12.1 Å². The number of para-hydroxylation sites is 1. The highest BCUT2D eigenvalue weighted by Gasteiger charge is 2.41. The fourth-order valence-electron chi connectivity index (χ4n) is 8.79. The Hall–Kier alpha value is -8.72. The number of amides is 7.